The SMILES string of the molecule is O=C(Nc1ccccc1Cl)c1ccc(NC(=O)[C@@H]2[C@@H]3C[C@H]4[C@@H]2C(=O)O[C@@H]4C3)cc1. The molecular weight excluding hydrogens is 392 g/mol. The first-order valence-electron chi connectivity index (χ1n) is 9.68. The van der Waals surface area contributed by atoms with Gasteiger partial charge in [0, 0.05) is 17.2 Å². The minimum Gasteiger partial charge on any atom is -0.462 e. The number of halogens is 1. The van der Waals surface area contributed by atoms with Crippen LogP contribution in [0.3, 0.4) is 0 Å². The first-order chi connectivity index (χ1) is 14.0. The van der Waals surface area contributed by atoms with Crippen molar-refractivity contribution >= 4 is 40.8 Å². The molecule has 2 saturated carbocycles. The molecule has 7 heteroatoms. The van der Waals surface area contributed by atoms with Gasteiger partial charge in [0.05, 0.1) is 22.5 Å². The topological polar surface area (TPSA) is 84.5 Å². The number of amides is 2. The Morgan fingerprint density at radius 3 is 2.52 bits per heavy atom. The highest BCUT2D eigenvalue weighted by Gasteiger charge is 2.63. The normalized spacial score (nSPS) is 28.9. The molecule has 2 amide bonds. The van der Waals surface area contributed by atoms with Crippen LogP contribution in [0.4, 0.5) is 11.4 Å². The van der Waals surface area contributed by atoms with Gasteiger partial charge in [-0.15, -0.1) is 0 Å². The summed E-state index contributed by atoms with van der Waals surface area (Å²) < 4.78 is 5.40. The molecule has 5 atom stereocenters. The summed E-state index contributed by atoms with van der Waals surface area (Å²) in [6.07, 6.45) is 1.68. The first kappa shape index (κ1) is 18.2. The quantitative estimate of drug-likeness (QED) is 0.752. The smallest absolute Gasteiger partial charge is 0.310 e. The number of fused-ring (bicyclic) bond motifs is 1. The Bertz CT molecular complexity index is 1000. The summed E-state index contributed by atoms with van der Waals surface area (Å²) in [4.78, 5) is 37.3. The predicted molar refractivity (Wildman–Crippen MR) is 108 cm³/mol. The highest BCUT2D eigenvalue weighted by Crippen LogP contribution is 2.57. The summed E-state index contributed by atoms with van der Waals surface area (Å²) in [5.41, 5.74) is 1.58. The van der Waals surface area contributed by atoms with Crippen molar-refractivity contribution in [1.29, 1.82) is 0 Å². The zero-order valence-electron chi connectivity index (χ0n) is 15.4. The second-order valence-electron chi connectivity index (χ2n) is 7.92. The van der Waals surface area contributed by atoms with Crippen molar-refractivity contribution in [3.63, 3.8) is 0 Å². The van der Waals surface area contributed by atoms with Gasteiger partial charge in [-0.25, -0.2) is 0 Å². The third-order valence-corrected chi connectivity index (χ3v) is 6.65. The molecule has 3 aliphatic rings. The van der Waals surface area contributed by atoms with E-state index >= 15 is 0 Å². The summed E-state index contributed by atoms with van der Waals surface area (Å²) in [7, 11) is 0. The van der Waals surface area contributed by atoms with E-state index in [1.807, 2.05) is 0 Å². The van der Waals surface area contributed by atoms with Crippen molar-refractivity contribution in [2.75, 3.05) is 10.6 Å². The summed E-state index contributed by atoms with van der Waals surface area (Å²) in [5, 5.41) is 6.12. The Kier molecular flexibility index (Phi) is 4.32. The van der Waals surface area contributed by atoms with Crippen LogP contribution < -0.4 is 10.6 Å². The highest BCUT2D eigenvalue weighted by molar-refractivity contribution is 6.33. The minimum atomic E-state index is -0.325. The summed E-state index contributed by atoms with van der Waals surface area (Å²) in [6.45, 7) is 0. The number of para-hydroxylation sites is 1. The average molecular weight is 411 g/mol. The van der Waals surface area contributed by atoms with Gasteiger partial charge in [0.1, 0.15) is 6.10 Å². The number of ether oxygens (including phenoxy) is 1. The van der Waals surface area contributed by atoms with Gasteiger partial charge in [-0.3, -0.25) is 14.4 Å². The Morgan fingerprint density at radius 1 is 1.00 bits per heavy atom. The molecule has 2 bridgehead atoms. The van der Waals surface area contributed by atoms with E-state index in [0.29, 0.717) is 22.0 Å². The monoisotopic (exact) mass is 410 g/mol. The fourth-order valence-electron chi connectivity index (χ4n) is 5.05. The Morgan fingerprint density at radius 2 is 1.76 bits per heavy atom. The van der Waals surface area contributed by atoms with Crippen LogP contribution in [-0.2, 0) is 14.3 Å². The van der Waals surface area contributed by atoms with E-state index < -0.39 is 0 Å². The molecule has 29 heavy (non-hydrogen) atoms. The molecule has 3 fully saturated rings. The number of rotatable bonds is 4. The van der Waals surface area contributed by atoms with E-state index in [4.69, 9.17) is 16.3 Å². The van der Waals surface area contributed by atoms with Crippen molar-refractivity contribution in [2.45, 2.75) is 18.9 Å². The second-order valence-corrected chi connectivity index (χ2v) is 8.33. The second kappa shape index (κ2) is 6.88. The number of hydrogen-bond acceptors (Lipinski definition) is 4. The molecule has 2 N–H and O–H groups in total. The molecule has 5 rings (SSSR count). The Labute approximate surface area is 172 Å². The molecule has 0 spiro atoms. The van der Waals surface area contributed by atoms with Gasteiger partial charge in [0.25, 0.3) is 5.91 Å². The van der Waals surface area contributed by atoms with E-state index in [1.54, 1.807) is 48.5 Å². The van der Waals surface area contributed by atoms with Gasteiger partial charge in [-0.1, -0.05) is 23.7 Å². The molecule has 148 valence electrons. The molecule has 6 nitrogen and oxygen atoms in total. The number of carbonyl (C=O) groups is 3. The summed E-state index contributed by atoms with van der Waals surface area (Å²) >= 11 is 6.07. The summed E-state index contributed by atoms with van der Waals surface area (Å²) in [5.74, 6) is -0.890. The van der Waals surface area contributed by atoms with Gasteiger partial charge in [-0.2, -0.15) is 0 Å². The van der Waals surface area contributed by atoms with Crippen LogP contribution in [0.15, 0.2) is 48.5 Å². The number of nitrogens with one attached hydrogen (secondary N) is 2. The van der Waals surface area contributed by atoms with E-state index in [2.05, 4.69) is 10.6 Å². The molecule has 1 heterocycles. The van der Waals surface area contributed by atoms with Crippen LogP contribution in [0, 0.1) is 23.7 Å². The number of hydrogen-bond donors (Lipinski definition) is 2. The Balaban J connectivity index is 1.25. The third-order valence-electron chi connectivity index (χ3n) is 6.32. The maximum Gasteiger partial charge on any atom is 0.310 e. The molecule has 0 radical (unpaired) electrons. The molecule has 2 aliphatic carbocycles. The van der Waals surface area contributed by atoms with E-state index in [1.165, 1.54) is 0 Å². The molecule has 0 aromatic heterocycles. The lowest BCUT2D eigenvalue weighted by Crippen LogP contribution is -2.35. The van der Waals surface area contributed by atoms with E-state index in [0.717, 1.165) is 12.8 Å². The number of benzene rings is 2. The van der Waals surface area contributed by atoms with Crippen molar-refractivity contribution in [3.05, 3.63) is 59.1 Å². The zero-order chi connectivity index (χ0) is 20.1. The van der Waals surface area contributed by atoms with Crippen molar-refractivity contribution < 1.29 is 19.1 Å². The molecule has 2 aromatic rings. The molecule has 2 aromatic carbocycles. The van der Waals surface area contributed by atoms with Crippen LogP contribution in [0.5, 0.6) is 0 Å². The van der Waals surface area contributed by atoms with Crippen LogP contribution in [0.25, 0.3) is 0 Å². The number of carbonyl (C=O) groups excluding carboxylic acids is 3. The van der Waals surface area contributed by atoms with Gasteiger partial charge in [0.15, 0.2) is 0 Å². The molecule has 1 aliphatic heterocycles. The minimum absolute atomic E-state index is 0.0115. The van der Waals surface area contributed by atoms with Crippen molar-refractivity contribution in [2.24, 2.45) is 23.7 Å². The van der Waals surface area contributed by atoms with Crippen LogP contribution >= 0.6 is 11.6 Å². The molecule has 0 unspecified atom stereocenters. The Hall–Kier alpha value is -2.86. The molecular formula is C22H19ClN2O4. The van der Waals surface area contributed by atoms with Crippen LogP contribution in [-0.4, -0.2) is 23.9 Å². The van der Waals surface area contributed by atoms with E-state index in [-0.39, 0.29) is 47.6 Å². The lowest BCUT2D eigenvalue weighted by Gasteiger charge is -2.23. The van der Waals surface area contributed by atoms with Crippen LogP contribution in [0.1, 0.15) is 23.2 Å². The van der Waals surface area contributed by atoms with Crippen molar-refractivity contribution in [1.82, 2.24) is 0 Å². The fourth-order valence-corrected chi connectivity index (χ4v) is 5.23. The van der Waals surface area contributed by atoms with Crippen molar-refractivity contribution in [3.8, 4) is 0 Å². The standard InChI is InChI=1S/C22H19ClN2O4/c23-15-3-1-2-4-16(15)25-20(26)11-5-7-13(8-6-11)24-21(27)18-12-9-14-17(10-12)29-22(28)19(14)18/h1-8,12,14,17-19H,9-10H2,(H,24,27)(H,25,26)/t12-,14-,17-,18-,19+/m1/s1. The predicted octanol–water partition coefficient (Wildman–Crippen LogP) is 3.73. The van der Waals surface area contributed by atoms with Gasteiger partial charge < -0.3 is 15.4 Å². The molecule has 1 saturated heterocycles. The average Bonchev–Trinajstić information content (AvgIpc) is 3.33. The highest BCUT2D eigenvalue weighted by atomic mass is 35.5. The lowest BCUT2D eigenvalue weighted by atomic mass is 9.79. The van der Waals surface area contributed by atoms with Gasteiger partial charge in [-0.05, 0) is 55.2 Å². The van der Waals surface area contributed by atoms with E-state index in [9.17, 15) is 14.4 Å². The maximum atomic E-state index is 12.8. The number of anilines is 2. The summed E-state index contributed by atoms with van der Waals surface area (Å²) in [6, 6.07) is 13.7. The van der Waals surface area contributed by atoms with Gasteiger partial charge >= 0.3 is 5.97 Å². The van der Waals surface area contributed by atoms with Crippen LogP contribution in [0.2, 0.25) is 5.02 Å². The zero-order valence-corrected chi connectivity index (χ0v) is 16.2. The largest absolute Gasteiger partial charge is 0.462 e. The maximum absolute atomic E-state index is 12.8. The third kappa shape index (κ3) is 3.08. The lowest BCUT2D eigenvalue weighted by molar-refractivity contribution is -0.145. The first-order valence-corrected chi connectivity index (χ1v) is 10.1. The number of esters is 1. The van der Waals surface area contributed by atoms with Gasteiger partial charge in [0.2, 0.25) is 5.91 Å². The fraction of sp³-hybridized carbons (Fsp3) is 0.318.